The Morgan fingerprint density at radius 2 is 1.92 bits per heavy atom. The van der Waals surface area contributed by atoms with Crippen LogP contribution < -0.4 is 4.90 Å². The van der Waals surface area contributed by atoms with Crippen LogP contribution in [-0.2, 0) is 20.4 Å². The molecule has 25 heavy (non-hydrogen) atoms. The first-order chi connectivity index (χ1) is 11.9. The van der Waals surface area contributed by atoms with Crippen LogP contribution in [0.3, 0.4) is 0 Å². The van der Waals surface area contributed by atoms with Gasteiger partial charge in [-0.25, -0.2) is 9.37 Å². The molecule has 3 rings (SSSR count). The van der Waals surface area contributed by atoms with E-state index in [0.29, 0.717) is 38.6 Å². The summed E-state index contributed by atoms with van der Waals surface area (Å²) in [7, 11) is 0. The molecule has 10 heteroatoms. The number of hydrogen-bond acceptors (Lipinski definition) is 5. The molecule has 0 aliphatic carbocycles. The van der Waals surface area contributed by atoms with Crippen LogP contribution in [0.1, 0.15) is 5.56 Å². The van der Waals surface area contributed by atoms with Gasteiger partial charge in [-0.05, 0) is 6.07 Å². The molecule has 1 atom stereocenters. The molecule has 2 aliphatic heterocycles. The van der Waals surface area contributed by atoms with Crippen LogP contribution in [0.4, 0.5) is 23.4 Å². The zero-order chi connectivity index (χ0) is 18.0. The van der Waals surface area contributed by atoms with Crippen LogP contribution in [0.2, 0.25) is 0 Å². The molecular formula is C15H17F4N3O3. The van der Waals surface area contributed by atoms with E-state index in [0.717, 1.165) is 0 Å². The van der Waals surface area contributed by atoms with Crippen molar-refractivity contribution in [2.75, 3.05) is 50.9 Å². The van der Waals surface area contributed by atoms with Gasteiger partial charge in [-0.1, -0.05) is 0 Å². The maximum atomic E-state index is 14.1. The van der Waals surface area contributed by atoms with Crippen molar-refractivity contribution < 1.29 is 31.8 Å². The second kappa shape index (κ2) is 7.12. The van der Waals surface area contributed by atoms with E-state index in [2.05, 4.69) is 4.98 Å². The van der Waals surface area contributed by atoms with Crippen LogP contribution >= 0.6 is 0 Å². The van der Waals surface area contributed by atoms with Gasteiger partial charge in [0.15, 0.2) is 17.7 Å². The van der Waals surface area contributed by atoms with Gasteiger partial charge in [0.1, 0.15) is 0 Å². The number of anilines is 1. The average Bonchev–Trinajstić information content (AvgIpc) is 2.61. The molecule has 1 unspecified atom stereocenters. The molecule has 0 bridgehead atoms. The van der Waals surface area contributed by atoms with Gasteiger partial charge < -0.3 is 19.3 Å². The lowest BCUT2D eigenvalue weighted by molar-refractivity contribution is -0.148. The summed E-state index contributed by atoms with van der Waals surface area (Å²) in [5.74, 6) is -1.52. The summed E-state index contributed by atoms with van der Waals surface area (Å²) < 4.78 is 62.6. The molecule has 2 aliphatic rings. The topological polar surface area (TPSA) is 54.9 Å². The molecule has 2 saturated heterocycles. The molecule has 0 N–H and O–H groups in total. The van der Waals surface area contributed by atoms with Gasteiger partial charge in [0.2, 0.25) is 0 Å². The summed E-state index contributed by atoms with van der Waals surface area (Å²) in [6.45, 7) is 2.21. The van der Waals surface area contributed by atoms with E-state index < -0.39 is 23.7 Å². The molecule has 1 aromatic heterocycles. The molecule has 0 radical (unpaired) electrons. The highest BCUT2D eigenvalue weighted by Gasteiger charge is 2.35. The lowest BCUT2D eigenvalue weighted by Gasteiger charge is -2.36. The van der Waals surface area contributed by atoms with Crippen molar-refractivity contribution in [3.05, 3.63) is 23.6 Å². The van der Waals surface area contributed by atoms with Crippen molar-refractivity contribution in [1.82, 2.24) is 9.88 Å². The normalized spacial score (nSPS) is 22.2. The fraction of sp³-hybridized carbons (Fsp3) is 0.600. The van der Waals surface area contributed by atoms with E-state index >= 15 is 0 Å². The molecule has 3 heterocycles. The molecule has 1 aromatic rings. The van der Waals surface area contributed by atoms with E-state index in [9.17, 15) is 22.4 Å². The summed E-state index contributed by atoms with van der Waals surface area (Å²) in [4.78, 5) is 19.1. The molecule has 0 spiro atoms. The third-order valence-electron chi connectivity index (χ3n) is 4.11. The van der Waals surface area contributed by atoms with Gasteiger partial charge in [-0.2, -0.15) is 13.2 Å². The van der Waals surface area contributed by atoms with Crippen molar-refractivity contribution >= 4 is 11.7 Å². The largest absolute Gasteiger partial charge is 0.417 e. The van der Waals surface area contributed by atoms with E-state index in [4.69, 9.17) is 9.47 Å². The van der Waals surface area contributed by atoms with Gasteiger partial charge in [0, 0.05) is 25.8 Å². The molecule has 6 nitrogen and oxygen atoms in total. The third kappa shape index (κ3) is 4.01. The van der Waals surface area contributed by atoms with E-state index in [-0.39, 0.29) is 31.4 Å². The highest BCUT2D eigenvalue weighted by molar-refractivity contribution is 5.82. The SMILES string of the molecule is O=C(C1CN(c2ncc(C(F)(F)F)cc2F)CCO1)N1CCOCC1. The third-order valence-corrected chi connectivity index (χ3v) is 4.11. The Bertz CT molecular complexity index is 635. The zero-order valence-corrected chi connectivity index (χ0v) is 13.3. The smallest absolute Gasteiger partial charge is 0.378 e. The van der Waals surface area contributed by atoms with Crippen molar-refractivity contribution in [3.63, 3.8) is 0 Å². The predicted octanol–water partition coefficient (Wildman–Crippen LogP) is 1.30. The van der Waals surface area contributed by atoms with Crippen LogP contribution in [-0.4, -0.2) is 67.9 Å². The summed E-state index contributed by atoms with van der Waals surface area (Å²) in [6.07, 6.45) is -4.88. The Labute approximate surface area is 141 Å². The van der Waals surface area contributed by atoms with Gasteiger partial charge >= 0.3 is 6.18 Å². The zero-order valence-electron chi connectivity index (χ0n) is 13.3. The molecule has 2 fully saturated rings. The van der Waals surface area contributed by atoms with Crippen molar-refractivity contribution in [1.29, 1.82) is 0 Å². The first kappa shape index (κ1) is 17.9. The van der Waals surface area contributed by atoms with Gasteiger partial charge in [-0.15, -0.1) is 0 Å². The van der Waals surface area contributed by atoms with Gasteiger partial charge in [-0.3, -0.25) is 4.79 Å². The molecule has 0 saturated carbocycles. The summed E-state index contributed by atoms with van der Waals surface area (Å²) in [5.41, 5.74) is -1.15. The Kier molecular flexibility index (Phi) is 5.09. The number of pyridine rings is 1. The minimum Gasteiger partial charge on any atom is -0.378 e. The first-order valence-corrected chi connectivity index (χ1v) is 7.82. The Morgan fingerprint density at radius 1 is 1.20 bits per heavy atom. The lowest BCUT2D eigenvalue weighted by atomic mass is 10.2. The Hall–Kier alpha value is -1.94. The quantitative estimate of drug-likeness (QED) is 0.742. The molecular weight excluding hydrogens is 346 g/mol. The van der Waals surface area contributed by atoms with Crippen molar-refractivity contribution in [2.24, 2.45) is 0 Å². The minimum absolute atomic E-state index is 0.0332. The van der Waals surface area contributed by atoms with Crippen LogP contribution in [0.5, 0.6) is 0 Å². The number of nitrogens with zero attached hydrogens (tertiary/aromatic N) is 3. The Morgan fingerprint density at radius 3 is 2.56 bits per heavy atom. The number of carbonyl (C=O) groups is 1. The van der Waals surface area contributed by atoms with Crippen LogP contribution in [0.25, 0.3) is 0 Å². The first-order valence-electron chi connectivity index (χ1n) is 7.82. The highest BCUT2D eigenvalue weighted by atomic mass is 19.4. The number of alkyl halides is 3. The number of halogens is 4. The Balaban J connectivity index is 1.72. The van der Waals surface area contributed by atoms with Crippen molar-refractivity contribution in [2.45, 2.75) is 12.3 Å². The number of rotatable bonds is 2. The fourth-order valence-electron chi connectivity index (χ4n) is 2.80. The summed E-state index contributed by atoms with van der Waals surface area (Å²) >= 11 is 0. The monoisotopic (exact) mass is 363 g/mol. The van der Waals surface area contributed by atoms with E-state index in [1.54, 1.807) is 4.90 Å². The second-order valence-electron chi connectivity index (χ2n) is 5.77. The predicted molar refractivity (Wildman–Crippen MR) is 78.5 cm³/mol. The maximum absolute atomic E-state index is 14.1. The average molecular weight is 363 g/mol. The number of ether oxygens (including phenoxy) is 2. The fourth-order valence-corrected chi connectivity index (χ4v) is 2.80. The number of carbonyl (C=O) groups excluding carboxylic acids is 1. The number of morpholine rings is 2. The summed E-state index contributed by atoms with van der Waals surface area (Å²) in [5, 5.41) is 0. The highest BCUT2D eigenvalue weighted by Crippen LogP contribution is 2.31. The molecule has 1 amide bonds. The second-order valence-corrected chi connectivity index (χ2v) is 5.77. The van der Waals surface area contributed by atoms with Crippen LogP contribution in [0, 0.1) is 5.82 Å². The molecule has 0 aromatic carbocycles. The maximum Gasteiger partial charge on any atom is 0.417 e. The van der Waals surface area contributed by atoms with Crippen molar-refractivity contribution in [3.8, 4) is 0 Å². The minimum atomic E-state index is -4.66. The summed E-state index contributed by atoms with van der Waals surface area (Å²) in [6, 6.07) is 0.413. The van der Waals surface area contributed by atoms with Crippen LogP contribution in [0.15, 0.2) is 12.3 Å². The van der Waals surface area contributed by atoms with E-state index in [1.807, 2.05) is 0 Å². The van der Waals surface area contributed by atoms with Gasteiger partial charge in [0.25, 0.3) is 5.91 Å². The van der Waals surface area contributed by atoms with Gasteiger partial charge in [0.05, 0.1) is 31.9 Å². The van der Waals surface area contributed by atoms with E-state index in [1.165, 1.54) is 4.90 Å². The number of hydrogen-bond donors (Lipinski definition) is 0. The standard InChI is InChI=1S/C15H17F4N3O3/c16-11-7-10(15(17,18)19)8-20-13(11)22-3-6-25-12(9-22)14(23)21-1-4-24-5-2-21/h7-8,12H,1-6,9H2. The number of amides is 1. The lowest BCUT2D eigenvalue weighted by Crippen LogP contribution is -2.53. The number of aromatic nitrogens is 1. The molecule has 138 valence electrons.